The Morgan fingerprint density at radius 1 is 1.53 bits per heavy atom. The first-order valence-electron chi connectivity index (χ1n) is 6.41. The molecular weight excluding hydrogens is 257 g/mol. The number of alkyl halides is 3. The van der Waals surface area contributed by atoms with Crippen LogP contribution in [-0.2, 0) is 7.05 Å². The number of piperidine rings is 1. The van der Waals surface area contributed by atoms with E-state index in [9.17, 15) is 13.2 Å². The summed E-state index contributed by atoms with van der Waals surface area (Å²) in [5.41, 5.74) is 6.62. The maximum atomic E-state index is 12.8. The number of halogens is 3. The van der Waals surface area contributed by atoms with Crippen molar-refractivity contribution in [3.63, 3.8) is 0 Å². The molecule has 7 heteroatoms. The van der Waals surface area contributed by atoms with Gasteiger partial charge in [0.1, 0.15) is 0 Å². The summed E-state index contributed by atoms with van der Waals surface area (Å²) < 4.78 is 40.1. The topological polar surface area (TPSA) is 47.1 Å². The second-order valence-electron chi connectivity index (χ2n) is 5.07. The quantitative estimate of drug-likeness (QED) is 0.914. The van der Waals surface area contributed by atoms with E-state index < -0.39 is 12.1 Å². The minimum Gasteiger partial charge on any atom is -0.329 e. The van der Waals surface area contributed by atoms with E-state index in [1.807, 2.05) is 11.1 Å². The molecule has 1 saturated heterocycles. The third-order valence-electron chi connectivity index (χ3n) is 3.69. The maximum Gasteiger partial charge on any atom is 0.393 e. The van der Waals surface area contributed by atoms with Gasteiger partial charge in [-0.3, -0.25) is 9.58 Å². The van der Waals surface area contributed by atoms with Gasteiger partial charge in [0.15, 0.2) is 0 Å². The molecule has 1 fully saturated rings. The lowest BCUT2D eigenvalue weighted by Crippen LogP contribution is -2.45. The summed E-state index contributed by atoms with van der Waals surface area (Å²) in [4.78, 5) is 1.83. The predicted octanol–water partition coefficient (Wildman–Crippen LogP) is 1.69. The van der Waals surface area contributed by atoms with Crippen molar-refractivity contribution in [1.82, 2.24) is 14.7 Å². The highest BCUT2D eigenvalue weighted by Crippen LogP contribution is 2.35. The average Bonchev–Trinajstić information content (AvgIpc) is 2.76. The van der Waals surface area contributed by atoms with E-state index in [0.29, 0.717) is 19.5 Å². The Balaban J connectivity index is 2.10. The number of rotatable bonds is 3. The zero-order valence-corrected chi connectivity index (χ0v) is 10.9. The van der Waals surface area contributed by atoms with Crippen LogP contribution in [-0.4, -0.2) is 40.5 Å². The lowest BCUT2D eigenvalue weighted by molar-refractivity contribution is -0.188. The van der Waals surface area contributed by atoms with Gasteiger partial charge in [-0.05, 0) is 19.4 Å². The SMILES string of the molecule is Cn1cc(C(CN)N2CCCC(C(F)(F)F)C2)cn1. The van der Waals surface area contributed by atoms with Crippen LogP contribution in [0, 0.1) is 5.92 Å². The lowest BCUT2D eigenvalue weighted by Gasteiger charge is -2.38. The molecule has 1 aliphatic heterocycles. The largest absolute Gasteiger partial charge is 0.393 e. The summed E-state index contributed by atoms with van der Waals surface area (Å²) in [6, 6.07) is -0.182. The molecule has 0 bridgehead atoms. The van der Waals surface area contributed by atoms with E-state index in [2.05, 4.69) is 5.10 Å². The van der Waals surface area contributed by atoms with E-state index in [-0.39, 0.29) is 19.0 Å². The lowest BCUT2D eigenvalue weighted by atomic mass is 9.95. The molecule has 0 radical (unpaired) electrons. The smallest absolute Gasteiger partial charge is 0.329 e. The van der Waals surface area contributed by atoms with Crippen LogP contribution in [0.25, 0.3) is 0 Å². The fourth-order valence-corrected chi connectivity index (χ4v) is 2.66. The van der Waals surface area contributed by atoms with Crippen molar-refractivity contribution in [3.05, 3.63) is 18.0 Å². The van der Waals surface area contributed by atoms with Crippen molar-refractivity contribution in [2.24, 2.45) is 18.7 Å². The summed E-state index contributed by atoms with van der Waals surface area (Å²) in [5.74, 6) is -1.24. The van der Waals surface area contributed by atoms with E-state index >= 15 is 0 Å². The summed E-state index contributed by atoms with van der Waals surface area (Å²) in [5, 5.41) is 4.06. The molecule has 2 atom stereocenters. The van der Waals surface area contributed by atoms with Gasteiger partial charge in [0.05, 0.1) is 18.2 Å². The Morgan fingerprint density at radius 3 is 2.79 bits per heavy atom. The number of hydrogen-bond donors (Lipinski definition) is 1. The van der Waals surface area contributed by atoms with E-state index in [1.165, 1.54) is 0 Å². The normalized spacial score (nSPS) is 23.5. The number of aryl methyl sites for hydroxylation is 1. The van der Waals surface area contributed by atoms with Gasteiger partial charge in [-0.1, -0.05) is 0 Å². The van der Waals surface area contributed by atoms with Gasteiger partial charge in [-0.2, -0.15) is 18.3 Å². The summed E-state index contributed by atoms with van der Waals surface area (Å²) in [7, 11) is 1.78. The number of likely N-dealkylation sites (tertiary alicyclic amines) is 1. The van der Waals surface area contributed by atoms with Crippen molar-refractivity contribution >= 4 is 0 Å². The molecule has 1 aromatic heterocycles. The molecule has 2 N–H and O–H groups in total. The molecule has 108 valence electrons. The number of nitrogens with two attached hydrogens (primary N) is 1. The van der Waals surface area contributed by atoms with Gasteiger partial charge in [-0.15, -0.1) is 0 Å². The third-order valence-corrected chi connectivity index (χ3v) is 3.69. The molecule has 2 rings (SSSR count). The van der Waals surface area contributed by atoms with Crippen LogP contribution >= 0.6 is 0 Å². The Bertz CT molecular complexity index is 415. The molecule has 0 aliphatic carbocycles. The van der Waals surface area contributed by atoms with Gasteiger partial charge < -0.3 is 5.73 Å². The fourth-order valence-electron chi connectivity index (χ4n) is 2.66. The molecular formula is C12H19F3N4. The molecule has 2 heterocycles. The van der Waals surface area contributed by atoms with Gasteiger partial charge in [0, 0.05) is 31.9 Å². The molecule has 0 aromatic carbocycles. The van der Waals surface area contributed by atoms with Crippen molar-refractivity contribution in [3.8, 4) is 0 Å². The van der Waals surface area contributed by atoms with Gasteiger partial charge >= 0.3 is 6.18 Å². The Hall–Kier alpha value is -1.08. The average molecular weight is 276 g/mol. The molecule has 4 nitrogen and oxygen atoms in total. The standard InChI is InChI=1S/C12H19F3N4/c1-18-7-9(6-17-18)11(5-16)19-4-2-3-10(8-19)12(13,14)15/h6-7,10-11H,2-5,8,16H2,1H3. The highest BCUT2D eigenvalue weighted by Gasteiger charge is 2.42. The zero-order chi connectivity index (χ0) is 14.0. The van der Waals surface area contributed by atoms with Crippen LogP contribution in [0.1, 0.15) is 24.4 Å². The van der Waals surface area contributed by atoms with E-state index in [0.717, 1.165) is 5.56 Å². The Kier molecular flexibility index (Phi) is 4.15. The Labute approximate surface area is 110 Å². The van der Waals surface area contributed by atoms with Crippen LogP contribution < -0.4 is 5.73 Å². The van der Waals surface area contributed by atoms with Crippen LogP contribution in [0.15, 0.2) is 12.4 Å². The van der Waals surface area contributed by atoms with Crippen molar-refractivity contribution < 1.29 is 13.2 Å². The predicted molar refractivity (Wildman–Crippen MR) is 65.4 cm³/mol. The number of hydrogen-bond acceptors (Lipinski definition) is 3. The first-order chi connectivity index (χ1) is 8.91. The van der Waals surface area contributed by atoms with E-state index in [4.69, 9.17) is 5.73 Å². The Morgan fingerprint density at radius 2 is 2.26 bits per heavy atom. The third kappa shape index (κ3) is 3.27. The second-order valence-corrected chi connectivity index (χ2v) is 5.07. The molecule has 2 unspecified atom stereocenters. The van der Waals surface area contributed by atoms with Crippen LogP contribution in [0.4, 0.5) is 13.2 Å². The minimum absolute atomic E-state index is 0.0280. The molecule has 1 aromatic rings. The van der Waals surface area contributed by atoms with Crippen molar-refractivity contribution in [1.29, 1.82) is 0 Å². The monoisotopic (exact) mass is 276 g/mol. The minimum atomic E-state index is -4.12. The summed E-state index contributed by atoms with van der Waals surface area (Å²) >= 11 is 0. The van der Waals surface area contributed by atoms with Gasteiger partial charge in [0.2, 0.25) is 0 Å². The van der Waals surface area contributed by atoms with Gasteiger partial charge in [-0.25, -0.2) is 0 Å². The first kappa shape index (κ1) is 14.3. The van der Waals surface area contributed by atoms with Crippen LogP contribution in [0.5, 0.6) is 0 Å². The number of aromatic nitrogens is 2. The summed E-state index contributed by atoms with van der Waals surface area (Å²) in [6.45, 7) is 0.986. The van der Waals surface area contributed by atoms with Crippen LogP contribution in [0.3, 0.4) is 0 Å². The fraction of sp³-hybridized carbons (Fsp3) is 0.750. The maximum absolute atomic E-state index is 12.8. The molecule has 0 spiro atoms. The second kappa shape index (κ2) is 5.50. The van der Waals surface area contributed by atoms with E-state index in [1.54, 1.807) is 17.9 Å². The van der Waals surface area contributed by atoms with Gasteiger partial charge in [0.25, 0.3) is 0 Å². The molecule has 1 aliphatic rings. The van der Waals surface area contributed by atoms with Crippen molar-refractivity contribution in [2.45, 2.75) is 25.1 Å². The molecule has 0 saturated carbocycles. The highest BCUT2D eigenvalue weighted by molar-refractivity contribution is 5.11. The first-order valence-corrected chi connectivity index (χ1v) is 6.41. The summed E-state index contributed by atoms with van der Waals surface area (Å²) in [6.07, 6.45) is 0.140. The molecule has 19 heavy (non-hydrogen) atoms. The van der Waals surface area contributed by atoms with Crippen molar-refractivity contribution in [2.75, 3.05) is 19.6 Å². The highest BCUT2D eigenvalue weighted by atomic mass is 19.4. The molecule has 0 amide bonds. The zero-order valence-electron chi connectivity index (χ0n) is 10.9. The number of nitrogens with zero attached hydrogens (tertiary/aromatic N) is 3. The van der Waals surface area contributed by atoms with Crippen LogP contribution in [0.2, 0.25) is 0 Å².